The first-order valence-electron chi connectivity index (χ1n) is 11.0. The number of carbonyl (C=O) groups is 2. The highest BCUT2D eigenvalue weighted by Gasteiger charge is 2.47. The Bertz CT molecular complexity index is 606. The van der Waals surface area contributed by atoms with Crippen molar-refractivity contribution in [3.63, 3.8) is 0 Å². The van der Waals surface area contributed by atoms with E-state index >= 15 is 0 Å². The van der Waals surface area contributed by atoms with Crippen LogP contribution in [0.25, 0.3) is 0 Å². The highest BCUT2D eigenvalue weighted by atomic mass is 16.5. The van der Waals surface area contributed by atoms with E-state index in [9.17, 15) is 9.59 Å². The number of nitrogens with one attached hydrogen (secondary N) is 1. The van der Waals surface area contributed by atoms with E-state index in [1.807, 2.05) is 6.92 Å². The second kappa shape index (κ2) is 10.2. The number of ketones is 1. The molecule has 0 aromatic heterocycles. The van der Waals surface area contributed by atoms with Crippen molar-refractivity contribution in [1.29, 1.82) is 0 Å². The van der Waals surface area contributed by atoms with Crippen molar-refractivity contribution in [2.45, 2.75) is 83.3 Å². The molecule has 0 amide bonds. The average Bonchev–Trinajstić information content (AvgIpc) is 3.40. The lowest BCUT2D eigenvalue weighted by molar-refractivity contribution is -0.137. The standard InChI is InChI=1S/C23H35NO4/c1-16(14-20(25)17-8-6-7-9-17)24-15-19-18(21-12-13-22(19)28-21)10-4-2-3-5-11-23(26)27/h2,4,14,17-19,21-22,24H,3,5-13,15H2,1H3,(H,26,27)/b4-2-,16-14?/t18-,19+,21-,22+/m0/s1. The van der Waals surface area contributed by atoms with Crippen molar-refractivity contribution < 1.29 is 19.4 Å². The van der Waals surface area contributed by atoms with Crippen LogP contribution >= 0.6 is 0 Å². The van der Waals surface area contributed by atoms with Gasteiger partial charge in [0.05, 0.1) is 12.2 Å². The van der Waals surface area contributed by atoms with Crippen LogP contribution in [0.5, 0.6) is 0 Å². The predicted octanol–water partition coefficient (Wildman–Crippen LogP) is 4.23. The third-order valence-electron chi connectivity index (χ3n) is 6.66. The zero-order chi connectivity index (χ0) is 19.9. The molecule has 2 heterocycles. The molecule has 0 radical (unpaired) electrons. The molecule has 0 unspecified atom stereocenters. The van der Waals surface area contributed by atoms with E-state index in [1.54, 1.807) is 6.08 Å². The molecule has 0 spiro atoms. The molecule has 0 aromatic rings. The largest absolute Gasteiger partial charge is 0.481 e. The highest BCUT2D eigenvalue weighted by molar-refractivity contribution is 5.92. The summed E-state index contributed by atoms with van der Waals surface area (Å²) in [5.41, 5.74) is 0.975. The van der Waals surface area contributed by atoms with Crippen molar-refractivity contribution in [1.82, 2.24) is 5.32 Å². The smallest absolute Gasteiger partial charge is 0.303 e. The van der Waals surface area contributed by atoms with E-state index in [-0.39, 0.29) is 18.1 Å². The molecule has 5 heteroatoms. The van der Waals surface area contributed by atoms with Gasteiger partial charge in [-0.3, -0.25) is 9.59 Å². The Morgan fingerprint density at radius 2 is 1.79 bits per heavy atom. The molecule has 2 N–H and O–H groups in total. The minimum absolute atomic E-state index is 0.235. The fourth-order valence-corrected chi connectivity index (χ4v) is 5.09. The van der Waals surface area contributed by atoms with Crippen LogP contribution in [0.2, 0.25) is 0 Å². The van der Waals surface area contributed by atoms with Crippen LogP contribution in [0.3, 0.4) is 0 Å². The SMILES string of the molecule is CC(=CC(=O)C1CCCC1)NC[C@@H]1[C@H](C/C=C\CCCC(=O)O)[C@@H]2CC[C@H]1O2. The second-order valence-electron chi connectivity index (χ2n) is 8.70. The predicted molar refractivity (Wildman–Crippen MR) is 109 cm³/mol. The number of ether oxygens (including phenoxy) is 1. The van der Waals surface area contributed by atoms with Gasteiger partial charge in [-0.2, -0.15) is 0 Å². The quantitative estimate of drug-likeness (QED) is 0.314. The number of fused-ring (bicyclic) bond motifs is 2. The van der Waals surface area contributed by atoms with Crippen LogP contribution in [0, 0.1) is 17.8 Å². The monoisotopic (exact) mass is 389 g/mol. The Balaban J connectivity index is 1.45. The summed E-state index contributed by atoms with van der Waals surface area (Å²) in [5, 5.41) is 12.2. The van der Waals surface area contributed by atoms with E-state index in [2.05, 4.69) is 17.5 Å². The van der Waals surface area contributed by atoms with E-state index in [4.69, 9.17) is 9.84 Å². The number of carboxylic acid groups (broad SMARTS) is 1. The van der Waals surface area contributed by atoms with E-state index < -0.39 is 5.97 Å². The van der Waals surface area contributed by atoms with Gasteiger partial charge in [0.1, 0.15) is 0 Å². The number of unbranched alkanes of at least 4 members (excludes halogenated alkanes) is 1. The average molecular weight is 390 g/mol. The number of aliphatic carboxylic acids is 1. The maximum absolute atomic E-state index is 12.3. The Labute approximate surface area is 168 Å². The minimum Gasteiger partial charge on any atom is -0.481 e. The topological polar surface area (TPSA) is 75.6 Å². The first-order chi connectivity index (χ1) is 13.5. The molecule has 5 nitrogen and oxygen atoms in total. The van der Waals surface area contributed by atoms with Crippen LogP contribution in [0.4, 0.5) is 0 Å². The number of carboxylic acids is 1. The first-order valence-corrected chi connectivity index (χ1v) is 11.0. The third kappa shape index (κ3) is 5.69. The number of allylic oxidation sites excluding steroid dienone is 4. The van der Waals surface area contributed by atoms with Gasteiger partial charge in [0.25, 0.3) is 0 Å². The molecular formula is C23H35NO4. The summed E-state index contributed by atoms with van der Waals surface area (Å²) in [6, 6.07) is 0. The van der Waals surface area contributed by atoms with Gasteiger partial charge in [-0.1, -0.05) is 25.0 Å². The maximum atomic E-state index is 12.3. The Hall–Kier alpha value is -1.62. The van der Waals surface area contributed by atoms with Crippen molar-refractivity contribution in [2.75, 3.05) is 6.54 Å². The third-order valence-corrected chi connectivity index (χ3v) is 6.66. The first kappa shape index (κ1) is 21.1. The molecule has 28 heavy (non-hydrogen) atoms. The molecule has 1 aliphatic carbocycles. The van der Waals surface area contributed by atoms with Gasteiger partial charge >= 0.3 is 5.97 Å². The molecule has 3 rings (SSSR count). The zero-order valence-corrected chi connectivity index (χ0v) is 17.1. The van der Waals surface area contributed by atoms with Gasteiger partial charge in [0.2, 0.25) is 0 Å². The fourth-order valence-electron chi connectivity index (χ4n) is 5.09. The summed E-state index contributed by atoms with van der Waals surface area (Å²) in [6.45, 7) is 2.86. The number of rotatable bonds is 11. The van der Waals surface area contributed by atoms with Crippen molar-refractivity contribution in [3.8, 4) is 0 Å². The Morgan fingerprint density at radius 1 is 1.07 bits per heavy atom. The molecule has 2 bridgehead atoms. The van der Waals surface area contributed by atoms with Crippen LogP contribution in [-0.4, -0.2) is 35.6 Å². The fraction of sp³-hybridized carbons (Fsp3) is 0.739. The number of carbonyl (C=O) groups excluding carboxylic acids is 1. The number of hydrogen-bond donors (Lipinski definition) is 2. The van der Waals surface area contributed by atoms with Crippen molar-refractivity contribution in [3.05, 3.63) is 23.9 Å². The summed E-state index contributed by atoms with van der Waals surface area (Å²) in [6.07, 6.45) is 16.3. The summed E-state index contributed by atoms with van der Waals surface area (Å²) in [7, 11) is 0. The van der Waals surface area contributed by atoms with Gasteiger partial charge in [-0.25, -0.2) is 0 Å². The van der Waals surface area contributed by atoms with Gasteiger partial charge in [-0.15, -0.1) is 0 Å². The number of hydrogen-bond acceptors (Lipinski definition) is 4. The minimum atomic E-state index is -0.726. The Morgan fingerprint density at radius 3 is 2.50 bits per heavy atom. The van der Waals surface area contributed by atoms with E-state index in [0.29, 0.717) is 30.5 Å². The molecular weight excluding hydrogens is 354 g/mol. The Kier molecular flexibility index (Phi) is 7.72. The van der Waals surface area contributed by atoms with Crippen LogP contribution in [0.1, 0.15) is 71.1 Å². The lowest BCUT2D eigenvalue weighted by Crippen LogP contribution is -2.35. The normalized spacial score (nSPS) is 30.4. The lowest BCUT2D eigenvalue weighted by atomic mass is 9.77. The molecule has 2 saturated heterocycles. The van der Waals surface area contributed by atoms with E-state index in [1.165, 1.54) is 12.8 Å². The van der Waals surface area contributed by atoms with Crippen molar-refractivity contribution in [2.24, 2.45) is 17.8 Å². The molecule has 1 saturated carbocycles. The van der Waals surface area contributed by atoms with Gasteiger partial charge in [-0.05, 0) is 57.8 Å². The molecule has 156 valence electrons. The summed E-state index contributed by atoms with van der Waals surface area (Å²) < 4.78 is 6.16. The van der Waals surface area contributed by atoms with E-state index in [0.717, 1.165) is 50.8 Å². The van der Waals surface area contributed by atoms with Crippen LogP contribution in [-0.2, 0) is 14.3 Å². The molecule has 2 aliphatic heterocycles. The van der Waals surface area contributed by atoms with Gasteiger partial charge in [0.15, 0.2) is 5.78 Å². The van der Waals surface area contributed by atoms with Gasteiger partial charge in [0, 0.05) is 36.6 Å². The molecule has 4 atom stereocenters. The van der Waals surface area contributed by atoms with Crippen molar-refractivity contribution >= 4 is 11.8 Å². The van der Waals surface area contributed by atoms with Crippen LogP contribution < -0.4 is 5.32 Å². The summed E-state index contributed by atoms with van der Waals surface area (Å²) >= 11 is 0. The van der Waals surface area contributed by atoms with Crippen LogP contribution in [0.15, 0.2) is 23.9 Å². The second-order valence-corrected chi connectivity index (χ2v) is 8.70. The summed E-state index contributed by atoms with van der Waals surface area (Å²) in [5.74, 6) is 0.790. The maximum Gasteiger partial charge on any atom is 0.303 e. The molecule has 3 aliphatic rings. The lowest BCUT2D eigenvalue weighted by Gasteiger charge is -2.28. The molecule has 0 aromatic carbocycles. The summed E-state index contributed by atoms with van der Waals surface area (Å²) in [4.78, 5) is 22.9. The van der Waals surface area contributed by atoms with Gasteiger partial charge < -0.3 is 15.2 Å². The zero-order valence-electron chi connectivity index (χ0n) is 17.1. The highest BCUT2D eigenvalue weighted by Crippen LogP contribution is 2.45. The molecule has 3 fully saturated rings.